The number of amides is 1. The second-order valence-corrected chi connectivity index (χ2v) is 10.6. The Hall–Kier alpha value is -1.38. The smallest absolute Gasteiger partial charge is 0.267 e. The standard InChI is InChI=1S/C21H36N4O3S/c1-18-8-14-24(15-9-18)11-7-4-10-22-21(26)20-16-19(17-23(20)2)29(27,28)25-12-5-3-6-13-25/h16-18H,3-15H2,1-2H3,(H,22,26). The van der Waals surface area contributed by atoms with Crippen LogP contribution in [0.2, 0.25) is 0 Å². The lowest BCUT2D eigenvalue weighted by Gasteiger charge is -2.30. The van der Waals surface area contributed by atoms with E-state index < -0.39 is 10.0 Å². The highest BCUT2D eigenvalue weighted by molar-refractivity contribution is 7.89. The van der Waals surface area contributed by atoms with Crippen LogP contribution in [-0.2, 0) is 17.1 Å². The molecule has 0 spiro atoms. The van der Waals surface area contributed by atoms with E-state index in [4.69, 9.17) is 0 Å². The third-order valence-corrected chi connectivity index (χ3v) is 8.09. The van der Waals surface area contributed by atoms with Gasteiger partial charge in [0.25, 0.3) is 5.91 Å². The Bertz CT molecular complexity index is 776. The summed E-state index contributed by atoms with van der Waals surface area (Å²) in [5.74, 6) is 0.638. The number of rotatable bonds is 8. The van der Waals surface area contributed by atoms with Crippen LogP contribution < -0.4 is 5.32 Å². The van der Waals surface area contributed by atoms with Crippen molar-refractivity contribution < 1.29 is 13.2 Å². The van der Waals surface area contributed by atoms with Crippen LogP contribution >= 0.6 is 0 Å². The third kappa shape index (κ3) is 5.83. The lowest BCUT2D eigenvalue weighted by Crippen LogP contribution is -2.35. The molecule has 3 rings (SSSR count). The summed E-state index contributed by atoms with van der Waals surface area (Å²) in [6, 6.07) is 1.51. The molecule has 0 saturated carbocycles. The first-order chi connectivity index (χ1) is 13.9. The second kappa shape index (κ2) is 10.1. The molecule has 0 aliphatic carbocycles. The first-order valence-corrected chi connectivity index (χ1v) is 12.5. The van der Waals surface area contributed by atoms with Crippen LogP contribution in [0.15, 0.2) is 17.2 Å². The van der Waals surface area contributed by atoms with Crippen molar-refractivity contribution in [2.24, 2.45) is 13.0 Å². The van der Waals surface area contributed by atoms with Gasteiger partial charge in [0.2, 0.25) is 10.0 Å². The molecule has 2 fully saturated rings. The molecular formula is C21H36N4O3S. The van der Waals surface area contributed by atoms with Gasteiger partial charge >= 0.3 is 0 Å². The van der Waals surface area contributed by atoms with Crippen molar-refractivity contribution in [1.29, 1.82) is 0 Å². The van der Waals surface area contributed by atoms with Crippen LogP contribution in [0.1, 0.15) is 62.4 Å². The van der Waals surface area contributed by atoms with Crippen LogP contribution in [0.5, 0.6) is 0 Å². The zero-order valence-corrected chi connectivity index (χ0v) is 18.7. The Morgan fingerprint density at radius 2 is 1.79 bits per heavy atom. The van der Waals surface area contributed by atoms with Gasteiger partial charge in [-0.05, 0) is 70.1 Å². The Morgan fingerprint density at radius 1 is 1.10 bits per heavy atom. The fraction of sp³-hybridized carbons (Fsp3) is 0.762. The molecule has 0 radical (unpaired) electrons. The number of unbranched alkanes of at least 4 members (excludes halogenated alkanes) is 1. The summed E-state index contributed by atoms with van der Waals surface area (Å²) in [6.45, 7) is 7.52. The molecular weight excluding hydrogens is 388 g/mol. The molecule has 1 N–H and O–H groups in total. The minimum atomic E-state index is -3.52. The molecule has 0 aromatic carbocycles. The van der Waals surface area contributed by atoms with Crippen LogP contribution in [0, 0.1) is 5.92 Å². The van der Waals surface area contributed by atoms with Gasteiger partial charge in [-0.2, -0.15) is 4.31 Å². The molecule has 0 unspecified atom stereocenters. The number of aromatic nitrogens is 1. The van der Waals surface area contributed by atoms with Gasteiger partial charge in [-0.15, -0.1) is 0 Å². The van der Waals surface area contributed by atoms with Gasteiger partial charge in [-0.1, -0.05) is 13.3 Å². The maximum absolute atomic E-state index is 12.8. The van der Waals surface area contributed by atoms with Crippen molar-refractivity contribution in [3.63, 3.8) is 0 Å². The van der Waals surface area contributed by atoms with Crippen molar-refractivity contribution in [3.05, 3.63) is 18.0 Å². The summed E-state index contributed by atoms with van der Waals surface area (Å²) in [4.78, 5) is 15.3. The zero-order chi connectivity index (χ0) is 20.9. The monoisotopic (exact) mass is 424 g/mol. The van der Waals surface area contributed by atoms with Crippen LogP contribution in [0.25, 0.3) is 0 Å². The van der Waals surface area contributed by atoms with E-state index in [0.717, 1.165) is 44.6 Å². The predicted octanol–water partition coefficient (Wildman–Crippen LogP) is 2.44. The SMILES string of the molecule is CC1CCN(CCCCNC(=O)c2cc(S(=O)(=O)N3CCCCC3)cn2C)CC1. The topological polar surface area (TPSA) is 74.7 Å². The number of carbonyl (C=O) groups is 1. The second-order valence-electron chi connectivity index (χ2n) is 8.62. The van der Waals surface area contributed by atoms with E-state index in [9.17, 15) is 13.2 Å². The largest absolute Gasteiger partial charge is 0.351 e. The number of likely N-dealkylation sites (tertiary alicyclic amines) is 1. The number of piperidine rings is 2. The van der Waals surface area contributed by atoms with Crippen molar-refractivity contribution in [2.45, 2.75) is 56.8 Å². The highest BCUT2D eigenvalue weighted by Crippen LogP contribution is 2.22. The van der Waals surface area contributed by atoms with Gasteiger partial charge in [0, 0.05) is 32.9 Å². The lowest BCUT2D eigenvalue weighted by molar-refractivity contribution is 0.0944. The molecule has 29 heavy (non-hydrogen) atoms. The number of nitrogens with one attached hydrogen (secondary N) is 1. The lowest BCUT2D eigenvalue weighted by atomic mass is 9.99. The van der Waals surface area contributed by atoms with Crippen LogP contribution in [0.4, 0.5) is 0 Å². The third-order valence-electron chi connectivity index (χ3n) is 6.23. The Labute approximate surface area is 175 Å². The number of hydrogen-bond acceptors (Lipinski definition) is 4. The van der Waals surface area contributed by atoms with Gasteiger partial charge in [-0.3, -0.25) is 4.79 Å². The van der Waals surface area contributed by atoms with Crippen molar-refractivity contribution in [1.82, 2.24) is 19.1 Å². The summed E-state index contributed by atoms with van der Waals surface area (Å²) in [6.07, 6.45) is 8.99. The van der Waals surface area contributed by atoms with Gasteiger partial charge in [0.05, 0.1) is 0 Å². The number of nitrogens with zero attached hydrogens (tertiary/aromatic N) is 3. The first kappa shape index (κ1) is 22.3. The predicted molar refractivity (Wildman–Crippen MR) is 114 cm³/mol. The fourth-order valence-corrected chi connectivity index (χ4v) is 5.78. The van der Waals surface area contributed by atoms with Gasteiger partial charge in [0.15, 0.2) is 0 Å². The van der Waals surface area contributed by atoms with Crippen LogP contribution in [0.3, 0.4) is 0 Å². The van der Waals surface area contributed by atoms with Crippen molar-refractivity contribution in [2.75, 3.05) is 39.3 Å². The normalized spacial score (nSPS) is 20.1. The molecule has 164 valence electrons. The molecule has 0 bridgehead atoms. The Balaban J connectivity index is 1.46. The molecule has 2 aliphatic rings. The first-order valence-electron chi connectivity index (χ1n) is 11.0. The van der Waals surface area contributed by atoms with Gasteiger partial charge in [0.1, 0.15) is 10.6 Å². The molecule has 3 heterocycles. The van der Waals surface area contributed by atoms with Crippen molar-refractivity contribution >= 4 is 15.9 Å². The van der Waals surface area contributed by atoms with E-state index in [0.29, 0.717) is 25.3 Å². The molecule has 2 aliphatic heterocycles. The summed E-state index contributed by atoms with van der Waals surface area (Å²) < 4.78 is 28.8. The minimum absolute atomic E-state index is 0.209. The fourth-order valence-electron chi connectivity index (χ4n) is 4.19. The van der Waals surface area contributed by atoms with E-state index >= 15 is 0 Å². The van der Waals surface area contributed by atoms with Gasteiger partial charge in [-0.25, -0.2) is 8.42 Å². The number of aryl methyl sites for hydroxylation is 1. The quantitative estimate of drug-likeness (QED) is 0.651. The van der Waals surface area contributed by atoms with E-state index in [1.54, 1.807) is 17.8 Å². The summed E-state index contributed by atoms with van der Waals surface area (Å²) in [7, 11) is -1.79. The highest BCUT2D eigenvalue weighted by atomic mass is 32.2. The average molecular weight is 425 g/mol. The summed E-state index contributed by atoms with van der Waals surface area (Å²) in [5, 5.41) is 2.94. The number of carbonyl (C=O) groups excluding carboxylic acids is 1. The average Bonchev–Trinajstić information content (AvgIpc) is 3.12. The number of sulfonamides is 1. The Morgan fingerprint density at radius 3 is 2.48 bits per heavy atom. The number of hydrogen-bond donors (Lipinski definition) is 1. The molecule has 8 heteroatoms. The van der Waals surface area contributed by atoms with Gasteiger partial charge < -0.3 is 14.8 Å². The van der Waals surface area contributed by atoms with E-state index in [1.807, 2.05) is 0 Å². The maximum Gasteiger partial charge on any atom is 0.267 e. The summed E-state index contributed by atoms with van der Waals surface area (Å²) in [5.41, 5.74) is 0.394. The van der Waals surface area contributed by atoms with E-state index in [1.165, 1.54) is 36.3 Å². The molecule has 1 amide bonds. The zero-order valence-electron chi connectivity index (χ0n) is 17.9. The highest BCUT2D eigenvalue weighted by Gasteiger charge is 2.28. The van der Waals surface area contributed by atoms with E-state index in [2.05, 4.69) is 17.1 Å². The van der Waals surface area contributed by atoms with Crippen molar-refractivity contribution in [3.8, 4) is 0 Å². The van der Waals surface area contributed by atoms with Crippen LogP contribution in [-0.4, -0.2) is 67.4 Å². The minimum Gasteiger partial charge on any atom is -0.351 e. The molecule has 1 aromatic rings. The molecule has 0 atom stereocenters. The van der Waals surface area contributed by atoms with E-state index in [-0.39, 0.29) is 10.8 Å². The Kier molecular flexibility index (Phi) is 7.76. The summed E-state index contributed by atoms with van der Waals surface area (Å²) >= 11 is 0. The maximum atomic E-state index is 12.8. The molecule has 7 nitrogen and oxygen atoms in total. The molecule has 2 saturated heterocycles. The molecule has 1 aromatic heterocycles.